The molecule has 0 unspecified atom stereocenters. The van der Waals surface area contributed by atoms with E-state index in [1.165, 1.54) is 0 Å². The predicted molar refractivity (Wildman–Crippen MR) is 62.2 cm³/mol. The molecule has 0 radical (unpaired) electrons. The first-order valence-electron chi connectivity index (χ1n) is 5.03. The maximum atomic E-state index is 8.69. The number of ether oxygens (including phenoxy) is 2. The molecule has 0 N–H and O–H groups in total. The van der Waals surface area contributed by atoms with Crippen molar-refractivity contribution in [2.24, 2.45) is 0 Å². The van der Waals surface area contributed by atoms with Crippen LogP contribution in [0.4, 0.5) is 0 Å². The van der Waals surface area contributed by atoms with Gasteiger partial charge in [0.1, 0.15) is 5.15 Å². The third kappa shape index (κ3) is 1.65. The molecule has 1 aromatic heterocycles. The van der Waals surface area contributed by atoms with Gasteiger partial charge in [-0.05, 0) is 12.1 Å². The van der Waals surface area contributed by atoms with Gasteiger partial charge < -0.3 is 9.47 Å². The van der Waals surface area contributed by atoms with Gasteiger partial charge in [-0.1, -0.05) is 11.6 Å². The number of pyridine rings is 1. The van der Waals surface area contributed by atoms with Crippen LogP contribution in [0.2, 0.25) is 5.15 Å². The monoisotopic (exact) mass is 246 g/mol. The van der Waals surface area contributed by atoms with E-state index < -0.39 is 0 Å². The number of aromatic nitrogens is 1. The van der Waals surface area contributed by atoms with Crippen LogP contribution in [0.1, 0.15) is 5.56 Å². The molecule has 4 nitrogen and oxygen atoms in total. The molecule has 0 fully saturated rings. The van der Waals surface area contributed by atoms with Gasteiger partial charge in [0.05, 0.1) is 18.0 Å². The normalized spacial score (nSPS) is 12.7. The van der Waals surface area contributed by atoms with Gasteiger partial charge in [-0.2, -0.15) is 5.26 Å². The van der Waals surface area contributed by atoms with E-state index in [2.05, 4.69) is 11.1 Å². The van der Waals surface area contributed by atoms with Crippen LogP contribution in [0.25, 0.3) is 10.9 Å². The van der Waals surface area contributed by atoms with Crippen LogP contribution in [0.5, 0.6) is 11.5 Å². The molecule has 1 aliphatic rings. The van der Waals surface area contributed by atoms with Crippen molar-refractivity contribution < 1.29 is 9.47 Å². The molecule has 17 heavy (non-hydrogen) atoms. The molecule has 5 heteroatoms. The fourth-order valence-corrected chi connectivity index (χ4v) is 2.01. The number of fused-ring (bicyclic) bond motifs is 2. The number of halogens is 1. The van der Waals surface area contributed by atoms with E-state index in [0.717, 1.165) is 16.5 Å². The molecular weight excluding hydrogens is 240 g/mol. The largest absolute Gasteiger partial charge is 0.454 e. The van der Waals surface area contributed by atoms with Crippen LogP contribution >= 0.6 is 11.6 Å². The van der Waals surface area contributed by atoms with Gasteiger partial charge in [0, 0.05) is 17.0 Å². The zero-order chi connectivity index (χ0) is 11.8. The minimum absolute atomic E-state index is 0.227. The lowest BCUT2D eigenvalue weighted by Gasteiger charge is -2.04. The lowest BCUT2D eigenvalue weighted by molar-refractivity contribution is 0.174. The third-order valence-electron chi connectivity index (χ3n) is 2.60. The second-order valence-corrected chi connectivity index (χ2v) is 4.03. The Morgan fingerprint density at radius 3 is 2.82 bits per heavy atom. The summed E-state index contributed by atoms with van der Waals surface area (Å²) in [5.41, 5.74) is 1.46. The summed E-state index contributed by atoms with van der Waals surface area (Å²) in [4.78, 5) is 4.25. The summed E-state index contributed by atoms with van der Waals surface area (Å²) in [6.07, 6.45) is 0.246. The van der Waals surface area contributed by atoms with Crippen molar-refractivity contribution >= 4 is 22.5 Å². The van der Waals surface area contributed by atoms with E-state index in [-0.39, 0.29) is 13.2 Å². The van der Waals surface area contributed by atoms with Gasteiger partial charge in [-0.15, -0.1) is 0 Å². The van der Waals surface area contributed by atoms with Crippen LogP contribution in [-0.2, 0) is 6.42 Å². The van der Waals surface area contributed by atoms with E-state index in [1.807, 2.05) is 12.1 Å². The number of hydrogen-bond donors (Lipinski definition) is 0. The molecule has 0 saturated carbocycles. The highest BCUT2D eigenvalue weighted by atomic mass is 35.5. The average Bonchev–Trinajstić information content (AvgIpc) is 2.74. The first-order valence-corrected chi connectivity index (χ1v) is 5.41. The molecule has 0 saturated heterocycles. The summed E-state index contributed by atoms with van der Waals surface area (Å²) in [5.74, 6) is 1.37. The summed E-state index contributed by atoms with van der Waals surface area (Å²) >= 11 is 6.00. The molecule has 3 rings (SSSR count). The molecule has 0 bridgehead atoms. The lowest BCUT2D eigenvalue weighted by atomic mass is 10.1. The maximum absolute atomic E-state index is 8.69. The van der Waals surface area contributed by atoms with Gasteiger partial charge in [-0.3, -0.25) is 0 Å². The Kier molecular flexibility index (Phi) is 2.27. The van der Waals surface area contributed by atoms with Crippen molar-refractivity contribution in [1.29, 1.82) is 5.26 Å². The molecule has 0 amide bonds. The first-order chi connectivity index (χ1) is 8.28. The Morgan fingerprint density at radius 1 is 1.29 bits per heavy atom. The van der Waals surface area contributed by atoms with Crippen LogP contribution in [0.3, 0.4) is 0 Å². The molecule has 0 atom stereocenters. The Bertz CT molecular complexity index is 649. The highest BCUT2D eigenvalue weighted by molar-refractivity contribution is 6.30. The molecule has 0 spiro atoms. The van der Waals surface area contributed by atoms with E-state index in [4.69, 9.17) is 26.3 Å². The van der Waals surface area contributed by atoms with Crippen molar-refractivity contribution in [3.63, 3.8) is 0 Å². The van der Waals surface area contributed by atoms with Gasteiger partial charge >= 0.3 is 0 Å². The quantitative estimate of drug-likeness (QED) is 0.726. The Balaban J connectivity index is 2.23. The minimum atomic E-state index is 0.227. The van der Waals surface area contributed by atoms with Crippen molar-refractivity contribution in [3.8, 4) is 17.6 Å². The number of nitriles is 1. The third-order valence-corrected chi connectivity index (χ3v) is 2.93. The van der Waals surface area contributed by atoms with E-state index in [1.54, 1.807) is 6.07 Å². The van der Waals surface area contributed by atoms with Crippen molar-refractivity contribution in [3.05, 3.63) is 28.9 Å². The Labute approximate surface area is 102 Å². The highest BCUT2D eigenvalue weighted by Crippen LogP contribution is 2.36. The Hall–Kier alpha value is -1.99. The SMILES string of the molecule is N#CCc1cc2cc3c(cc2nc1Cl)OCO3. The second kappa shape index (κ2) is 3.79. The lowest BCUT2D eigenvalue weighted by Crippen LogP contribution is -1.92. The van der Waals surface area contributed by atoms with E-state index in [0.29, 0.717) is 16.7 Å². The zero-order valence-corrected chi connectivity index (χ0v) is 9.49. The summed E-state index contributed by atoms with van der Waals surface area (Å²) in [5, 5.41) is 9.94. The molecule has 84 valence electrons. The molecule has 1 aliphatic heterocycles. The molecule has 1 aromatic carbocycles. The summed E-state index contributed by atoms with van der Waals surface area (Å²) in [6.45, 7) is 0.227. The first kappa shape index (κ1) is 10.2. The number of hydrogen-bond acceptors (Lipinski definition) is 4. The number of rotatable bonds is 1. The van der Waals surface area contributed by atoms with E-state index in [9.17, 15) is 0 Å². The number of nitrogens with zero attached hydrogens (tertiary/aromatic N) is 2. The van der Waals surface area contributed by atoms with Crippen LogP contribution in [-0.4, -0.2) is 11.8 Å². The Morgan fingerprint density at radius 2 is 2.06 bits per heavy atom. The van der Waals surface area contributed by atoms with Crippen molar-refractivity contribution in [1.82, 2.24) is 4.98 Å². The number of benzene rings is 1. The van der Waals surface area contributed by atoms with Crippen molar-refractivity contribution in [2.45, 2.75) is 6.42 Å². The minimum Gasteiger partial charge on any atom is -0.454 e. The predicted octanol–water partition coefficient (Wildman–Crippen LogP) is 2.68. The molecule has 0 aliphatic carbocycles. The highest BCUT2D eigenvalue weighted by Gasteiger charge is 2.15. The van der Waals surface area contributed by atoms with E-state index >= 15 is 0 Å². The van der Waals surface area contributed by atoms with Crippen LogP contribution in [0.15, 0.2) is 18.2 Å². The smallest absolute Gasteiger partial charge is 0.231 e. The molecule has 2 aromatic rings. The van der Waals surface area contributed by atoms with Crippen LogP contribution in [0, 0.1) is 11.3 Å². The summed E-state index contributed by atoms with van der Waals surface area (Å²) in [7, 11) is 0. The second-order valence-electron chi connectivity index (χ2n) is 3.67. The van der Waals surface area contributed by atoms with Gasteiger partial charge in [0.25, 0.3) is 0 Å². The van der Waals surface area contributed by atoms with Crippen LogP contribution < -0.4 is 9.47 Å². The maximum Gasteiger partial charge on any atom is 0.231 e. The average molecular weight is 247 g/mol. The van der Waals surface area contributed by atoms with Gasteiger partial charge in [0.2, 0.25) is 6.79 Å². The summed E-state index contributed by atoms with van der Waals surface area (Å²) in [6, 6.07) is 7.56. The van der Waals surface area contributed by atoms with Gasteiger partial charge in [0.15, 0.2) is 11.5 Å². The molecule has 2 heterocycles. The fraction of sp³-hybridized carbons (Fsp3) is 0.167. The van der Waals surface area contributed by atoms with Crippen molar-refractivity contribution in [2.75, 3.05) is 6.79 Å². The fourth-order valence-electron chi connectivity index (χ4n) is 1.79. The molecular formula is C12H7ClN2O2. The zero-order valence-electron chi connectivity index (χ0n) is 8.74. The van der Waals surface area contributed by atoms with Gasteiger partial charge in [-0.25, -0.2) is 4.98 Å². The standard InChI is InChI=1S/C12H7ClN2O2/c13-12-7(1-2-14)3-8-4-10-11(17-6-16-10)5-9(8)15-12/h3-5H,1,6H2. The summed E-state index contributed by atoms with van der Waals surface area (Å²) < 4.78 is 10.6. The topological polar surface area (TPSA) is 55.1 Å².